The van der Waals surface area contributed by atoms with Gasteiger partial charge in [0.15, 0.2) is 5.82 Å². The van der Waals surface area contributed by atoms with E-state index in [0.29, 0.717) is 16.9 Å². The van der Waals surface area contributed by atoms with Crippen LogP contribution in [0.4, 0.5) is 0 Å². The normalized spacial score (nSPS) is 12.0. The molecule has 3 aromatic rings. The van der Waals surface area contributed by atoms with Crippen molar-refractivity contribution in [2.45, 2.75) is 11.4 Å². The van der Waals surface area contributed by atoms with Crippen LogP contribution in [0.2, 0.25) is 0 Å². The standard InChI is InChI=1S/C10H11N7O3S/c1-17-9(14-15-16-17)5-11-21(19,20)6-2-3-7-8(4-6)13-10(18)12-7/h2-4,11H,5H2,1H3,(H2,12,13,18). The molecular weight excluding hydrogens is 298 g/mol. The number of hydrogen-bond acceptors (Lipinski definition) is 6. The maximum atomic E-state index is 12.2. The van der Waals surface area contributed by atoms with Gasteiger partial charge in [0.2, 0.25) is 10.0 Å². The number of H-pyrrole nitrogens is 2. The summed E-state index contributed by atoms with van der Waals surface area (Å²) in [6.07, 6.45) is 0. The van der Waals surface area contributed by atoms with Crippen LogP contribution in [0.1, 0.15) is 5.82 Å². The van der Waals surface area contributed by atoms with E-state index in [1.165, 1.54) is 22.9 Å². The van der Waals surface area contributed by atoms with Gasteiger partial charge in [-0.1, -0.05) is 0 Å². The van der Waals surface area contributed by atoms with Gasteiger partial charge in [0, 0.05) is 7.05 Å². The van der Waals surface area contributed by atoms with E-state index in [-0.39, 0.29) is 11.4 Å². The molecule has 0 radical (unpaired) electrons. The lowest BCUT2D eigenvalue weighted by molar-refractivity contribution is 0.575. The van der Waals surface area contributed by atoms with Gasteiger partial charge in [0.1, 0.15) is 0 Å². The molecule has 0 atom stereocenters. The first kappa shape index (κ1) is 13.5. The zero-order valence-corrected chi connectivity index (χ0v) is 11.7. The molecule has 110 valence electrons. The Morgan fingerprint density at radius 2 is 2.05 bits per heavy atom. The molecule has 3 rings (SSSR count). The second-order valence-corrected chi connectivity index (χ2v) is 6.10. The number of fused-ring (bicyclic) bond motifs is 1. The Balaban J connectivity index is 1.89. The summed E-state index contributed by atoms with van der Waals surface area (Å²) in [5.74, 6) is 0.384. The molecule has 2 heterocycles. The molecule has 0 aliphatic heterocycles. The summed E-state index contributed by atoms with van der Waals surface area (Å²) in [5.41, 5.74) is 0.567. The fourth-order valence-electron chi connectivity index (χ4n) is 1.82. The molecule has 0 saturated heterocycles. The summed E-state index contributed by atoms with van der Waals surface area (Å²) in [4.78, 5) is 16.3. The summed E-state index contributed by atoms with van der Waals surface area (Å²) in [7, 11) is -2.12. The first-order chi connectivity index (χ1) is 9.95. The fourth-order valence-corrected chi connectivity index (χ4v) is 2.83. The largest absolute Gasteiger partial charge is 0.323 e. The van der Waals surface area contributed by atoms with Crippen LogP contribution in [0, 0.1) is 0 Å². The highest BCUT2D eigenvalue weighted by atomic mass is 32.2. The van der Waals surface area contributed by atoms with Gasteiger partial charge in [-0.25, -0.2) is 22.6 Å². The minimum absolute atomic E-state index is 0.0342. The third kappa shape index (κ3) is 2.55. The topological polar surface area (TPSA) is 138 Å². The number of aryl methyl sites for hydroxylation is 1. The lowest BCUT2D eigenvalue weighted by Gasteiger charge is -2.05. The summed E-state index contributed by atoms with van der Waals surface area (Å²) >= 11 is 0. The Kier molecular flexibility index (Phi) is 3.07. The zero-order valence-electron chi connectivity index (χ0n) is 10.9. The van der Waals surface area contributed by atoms with Crippen molar-refractivity contribution in [2.75, 3.05) is 0 Å². The minimum Gasteiger partial charge on any atom is -0.306 e. The predicted octanol–water partition coefficient (Wildman–Crippen LogP) is -1.14. The summed E-state index contributed by atoms with van der Waals surface area (Å²) < 4.78 is 28.2. The van der Waals surface area contributed by atoms with Gasteiger partial charge in [-0.15, -0.1) is 5.10 Å². The molecule has 3 N–H and O–H groups in total. The van der Waals surface area contributed by atoms with E-state index < -0.39 is 15.7 Å². The molecule has 0 aliphatic carbocycles. The van der Waals surface area contributed by atoms with Gasteiger partial charge in [-0.2, -0.15) is 0 Å². The number of imidazole rings is 1. The van der Waals surface area contributed by atoms with Crippen molar-refractivity contribution in [1.29, 1.82) is 0 Å². The first-order valence-corrected chi connectivity index (χ1v) is 7.37. The highest BCUT2D eigenvalue weighted by Crippen LogP contribution is 2.15. The molecule has 1 aromatic carbocycles. The van der Waals surface area contributed by atoms with Gasteiger partial charge < -0.3 is 9.97 Å². The van der Waals surface area contributed by atoms with Crippen LogP contribution in [0.3, 0.4) is 0 Å². The van der Waals surface area contributed by atoms with Crippen LogP contribution >= 0.6 is 0 Å². The SMILES string of the molecule is Cn1nnnc1CNS(=O)(=O)c1ccc2[nH]c(=O)[nH]c2c1. The quantitative estimate of drug-likeness (QED) is 0.556. The maximum absolute atomic E-state index is 12.2. The smallest absolute Gasteiger partial charge is 0.306 e. The molecule has 2 aromatic heterocycles. The molecule has 0 bridgehead atoms. The van der Waals surface area contributed by atoms with Crippen molar-refractivity contribution in [3.8, 4) is 0 Å². The third-order valence-corrected chi connectivity index (χ3v) is 4.32. The maximum Gasteiger partial charge on any atom is 0.323 e. The van der Waals surface area contributed by atoms with Gasteiger partial charge in [-0.05, 0) is 28.6 Å². The fraction of sp³-hybridized carbons (Fsp3) is 0.200. The summed E-state index contributed by atoms with van der Waals surface area (Å²) in [5, 5.41) is 10.7. The van der Waals surface area contributed by atoms with Crippen LogP contribution in [0.5, 0.6) is 0 Å². The van der Waals surface area contributed by atoms with Crippen LogP contribution < -0.4 is 10.4 Å². The molecule has 0 aliphatic rings. The van der Waals surface area contributed by atoms with Crippen molar-refractivity contribution in [3.05, 3.63) is 34.5 Å². The third-order valence-electron chi connectivity index (χ3n) is 2.93. The lowest BCUT2D eigenvalue weighted by atomic mass is 10.3. The molecule has 0 fully saturated rings. The van der Waals surface area contributed by atoms with E-state index in [2.05, 4.69) is 30.2 Å². The number of nitrogens with zero attached hydrogens (tertiary/aromatic N) is 4. The second kappa shape index (κ2) is 4.79. The van der Waals surface area contributed by atoms with Crippen LogP contribution in [-0.4, -0.2) is 38.6 Å². The predicted molar refractivity (Wildman–Crippen MR) is 71.7 cm³/mol. The molecule has 0 unspecified atom stereocenters. The first-order valence-electron chi connectivity index (χ1n) is 5.89. The van der Waals surface area contributed by atoms with E-state index in [9.17, 15) is 13.2 Å². The van der Waals surface area contributed by atoms with Crippen molar-refractivity contribution in [1.82, 2.24) is 34.9 Å². The Morgan fingerprint density at radius 3 is 2.76 bits per heavy atom. The number of aromatic nitrogens is 6. The van der Waals surface area contributed by atoms with Crippen LogP contribution in [0.15, 0.2) is 27.9 Å². The Bertz CT molecular complexity index is 952. The van der Waals surface area contributed by atoms with E-state index in [0.717, 1.165) is 0 Å². The number of hydrogen-bond donors (Lipinski definition) is 3. The van der Waals surface area contributed by atoms with Crippen molar-refractivity contribution >= 4 is 21.1 Å². The highest BCUT2D eigenvalue weighted by molar-refractivity contribution is 7.89. The molecule has 10 nitrogen and oxygen atoms in total. The van der Waals surface area contributed by atoms with Gasteiger partial charge >= 0.3 is 5.69 Å². The minimum atomic E-state index is -3.73. The number of aromatic amines is 2. The van der Waals surface area contributed by atoms with Gasteiger partial charge in [-0.3, -0.25) is 0 Å². The van der Waals surface area contributed by atoms with E-state index in [1.807, 2.05) is 0 Å². The summed E-state index contributed by atoms with van der Waals surface area (Å²) in [6, 6.07) is 4.31. The van der Waals surface area contributed by atoms with Crippen LogP contribution in [0.25, 0.3) is 11.0 Å². The lowest BCUT2D eigenvalue weighted by Crippen LogP contribution is -2.24. The van der Waals surface area contributed by atoms with E-state index in [1.54, 1.807) is 7.05 Å². The highest BCUT2D eigenvalue weighted by Gasteiger charge is 2.16. The number of benzene rings is 1. The van der Waals surface area contributed by atoms with Gasteiger partial charge in [0.05, 0.1) is 22.5 Å². The number of sulfonamides is 1. The molecule has 11 heteroatoms. The average molecular weight is 309 g/mol. The molecule has 0 amide bonds. The molecule has 0 spiro atoms. The Morgan fingerprint density at radius 1 is 1.29 bits per heavy atom. The van der Waals surface area contributed by atoms with E-state index in [4.69, 9.17) is 0 Å². The van der Waals surface area contributed by atoms with Gasteiger partial charge in [0.25, 0.3) is 0 Å². The monoisotopic (exact) mass is 309 g/mol. The molecular formula is C10H11N7O3S. The number of rotatable bonds is 4. The Hall–Kier alpha value is -2.53. The van der Waals surface area contributed by atoms with Crippen LogP contribution in [-0.2, 0) is 23.6 Å². The van der Waals surface area contributed by atoms with Crippen molar-refractivity contribution in [2.24, 2.45) is 7.05 Å². The summed E-state index contributed by atoms with van der Waals surface area (Å²) in [6.45, 7) is -0.0342. The number of tetrazole rings is 1. The molecule has 0 saturated carbocycles. The molecule has 21 heavy (non-hydrogen) atoms. The average Bonchev–Trinajstić information content (AvgIpc) is 3.00. The zero-order chi connectivity index (χ0) is 15.0. The van der Waals surface area contributed by atoms with E-state index >= 15 is 0 Å². The Labute approximate surface area is 118 Å². The van der Waals surface area contributed by atoms with Crippen molar-refractivity contribution < 1.29 is 8.42 Å². The number of nitrogens with one attached hydrogen (secondary N) is 3. The second-order valence-electron chi connectivity index (χ2n) is 4.33. The van der Waals surface area contributed by atoms with Crippen molar-refractivity contribution in [3.63, 3.8) is 0 Å².